The van der Waals surface area contributed by atoms with Crippen molar-refractivity contribution in [2.24, 2.45) is 5.41 Å². The van der Waals surface area contributed by atoms with E-state index < -0.39 is 5.41 Å². The molecule has 1 atom stereocenters. The number of likely N-dealkylation sites (tertiary alicyclic amines) is 2. The van der Waals surface area contributed by atoms with Crippen molar-refractivity contribution < 1.29 is 14.3 Å². The van der Waals surface area contributed by atoms with Crippen LogP contribution in [-0.2, 0) is 16.0 Å². The average molecular weight is 421 g/mol. The molecular weight excluding hydrogens is 388 g/mol. The maximum atomic E-state index is 13.1. The van der Waals surface area contributed by atoms with Crippen LogP contribution in [0, 0.1) is 5.41 Å². The molecule has 0 aliphatic carbocycles. The van der Waals surface area contributed by atoms with E-state index in [1.807, 2.05) is 34.1 Å². The Labute approximate surface area is 185 Å². The van der Waals surface area contributed by atoms with Crippen molar-refractivity contribution in [3.63, 3.8) is 0 Å². The van der Waals surface area contributed by atoms with E-state index in [1.54, 1.807) is 7.11 Å². The van der Waals surface area contributed by atoms with Crippen LogP contribution in [0.2, 0.25) is 0 Å². The number of aryl methyl sites for hydroxylation is 1. The third-order valence-corrected chi connectivity index (χ3v) is 6.77. The highest BCUT2D eigenvalue weighted by molar-refractivity contribution is 5.96. The number of carbonyl (C=O) groups is 2. The average Bonchev–Trinajstić information content (AvgIpc) is 3.37. The highest BCUT2D eigenvalue weighted by Gasteiger charge is 2.51. The second kappa shape index (κ2) is 9.23. The molecule has 0 radical (unpaired) electrons. The molecule has 1 spiro atoms. The van der Waals surface area contributed by atoms with E-state index in [0.717, 1.165) is 43.4 Å². The van der Waals surface area contributed by atoms with Gasteiger partial charge in [-0.3, -0.25) is 9.59 Å². The number of carbonyl (C=O) groups excluding carboxylic acids is 2. The topological polar surface area (TPSA) is 49.9 Å². The molecular formula is C26H32N2O3. The molecule has 1 unspecified atom stereocenters. The van der Waals surface area contributed by atoms with E-state index in [-0.39, 0.29) is 11.8 Å². The zero-order chi connectivity index (χ0) is 21.8. The molecule has 0 N–H and O–H groups in total. The van der Waals surface area contributed by atoms with E-state index in [1.165, 1.54) is 5.56 Å². The number of rotatable bonds is 7. The molecule has 31 heavy (non-hydrogen) atoms. The van der Waals surface area contributed by atoms with Gasteiger partial charge in [-0.2, -0.15) is 0 Å². The molecule has 2 aliphatic rings. The quantitative estimate of drug-likeness (QED) is 0.680. The fourth-order valence-electron chi connectivity index (χ4n) is 4.87. The molecule has 164 valence electrons. The number of benzene rings is 2. The molecule has 5 nitrogen and oxygen atoms in total. The minimum atomic E-state index is -0.399. The summed E-state index contributed by atoms with van der Waals surface area (Å²) >= 11 is 0. The standard InChI is InChI=1S/C26H32N2O3/c1-3-4-20-5-7-21(8-6-20)22-9-11-23(12-10-22)24(29)28-16-14-26(19-28)13-15-27(25(26)30)17-18-31-2/h5-12H,3-4,13-19H2,1-2H3. The van der Waals surface area contributed by atoms with Gasteiger partial charge in [0.2, 0.25) is 5.91 Å². The molecule has 2 aromatic carbocycles. The van der Waals surface area contributed by atoms with Gasteiger partial charge < -0.3 is 14.5 Å². The predicted octanol–water partition coefficient (Wildman–Crippen LogP) is 4.02. The zero-order valence-corrected chi connectivity index (χ0v) is 18.6. The Kier molecular flexibility index (Phi) is 6.42. The van der Waals surface area contributed by atoms with Crippen LogP contribution in [0.15, 0.2) is 48.5 Å². The summed E-state index contributed by atoms with van der Waals surface area (Å²) in [7, 11) is 1.65. The number of nitrogens with zero attached hydrogens (tertiary/aromatic N) is 2. The third-order valence-electron chi connectivity index (χ3n) is 6.77. The van der Waals surface area contributed by atoms with Crippen molar-refractivity contribution in [3.05, 3.63) is 59.7 Å². The third kappa shape index (κ3) is 4.38. The lowest BCUT2D eigenvalue weighted by atomic mass is 9.85. The van der Waals surface area contributed by atoms with E-state index in [0.29, 0.717) is 31.8 Å². The minimum absolute atomic E-state index is 0.0184. The van der Waals surface area contributed by atoms with Crippen LogP contribution < -0.4 is 0 Å². The molecule has 2 heterocycles. The number of ether oxygens (including phenoxy) is 1. The fourth-order valence-corrected chi connectivity index (χ4v) is 4.87. The summed E-state index contributed by atoms with van der Waals surface area (Å²) in [6.45, 7) is 5.30. The van der Waals surface area contributed by atoms with E-state index in [4.69, 9.17) is 4.74 Å². The lowest BCUT2D eigenvalue weighted by Gasteiger charge is -2.23. The fraction of sp³-hybridized carbons (Fsp3) is 0.462. The summed E-state index contributed by atoms with van der Waals surface area (Å²) in [6, 6.07) is 16.5. The summed E-state index contributed by atoms with van der Waals surface area (Å²) in [5.41, 5.74) is 3.90. The minimum Gasteiger partial charge on any atom is -0.383 e. The molecule has 0 saturated carbocycles. The number of methoxy groups -OCH3 is 1. The summed E-state index contributed by atoms with van der Waals surface area (Å²) < 4.78 is 5.12. The maximum Gasteiger partial charge on any atom is 0.253 e. The molecule has 5 heteroatoms. The van der Waals surface area contributed by atoms with Gasteiger partial charge >= 0.3 is 0 Å². The highest BCUT2D eigenvalue weighted by atomic mass is 16.5. The number of hydrogen-bond donors (Lipinski definition) is 0. The SMILES string of the molecule is CCCc1ccc(-c2ccc(C(=O)N3CCC4(CCN(CCOC)C4=O)C3)cc2)cc1. The van der Waals surface area contributed by atoms with Crippen LogP contribution >= 0.6 is 0 Å². The van der Waals surface area contributed by atoms with Crippen molar-refractivity contribution in [1.82, 2.24) is 9.80 Å². The first-order valence-corrected chi connectivity index (χ1v) is 11.3. The van der Waals surface area contributed by atoms with Crippen molar-refractivity contribution in [1.29, 1.82) is 0 Å². The van der Waals surface area contributed by atoms with Gasteiger partial charge in [-0.1, -0.05) is 49.7 Å². The van der Waals surface area contributed by atoms with Crippen LogP contribution in [0.25, 0.3) is 11.1 Å². The van der Waals surface area contributed by atoms with Crippen LogP contribution in [0.5, 0.6) is 0 Å². The lowest BCUT2D eigenvalue weighted by Crippen LogP contribution is -2.39. The molecule has 2 saturated heterocycles. The second-order valence-electron chi connectivity index (χ2n) is 8.82. The van der Waals surface area contributed by atoms with Gasteiger partial charge in [0.1, 0.15) is 0 Å². The van der Waals surface area contributed by atoms with Crippen molar-refractivity contribution in [3.8, 4) is 11.1 Å². The molecule has 2 aromatic rings. The lowest BCUT2D eigenvalue weighted by molar-refractivity contribution is -0.135. The smallest absolute Gasteiger partial charge is 0.253 e. The van der Waals surface area contributed by atoms with E-state index >= 15 is 0 Å². The first-order chi connectivity index (χ1) is 15.1. The Morgan fingerprint density at radius 3 is 2.29 bits per heavy atom. The molecule has 2 amide bonds. The van der Waals surface area contributed by atoms with Crippen LogP contribution in [0.3, 0.4) is 0 Å². The van der Waals surface area contributed by atoms with Crippen LogP contribution in [-0.4, -0.2) is 61.5 Å². The maximum absolute atomic E-state index is 13.1. The second-order valence-corrected chi connectivity index (χ2v) is 8.82. The van der Waals surface area contributed by atoms with Gasteiger partial charge in [0, 0.05) is 38.9 Å². The Morgan fingerprint density at radius 2 is 1.65 bits per heavy atom. The van der Waals surface area contributed by atoms with Gasteiger partial charge in [-0.15, -0.1) is 0 Å². The summed E-state index contributed by atoms with van der Waals surface area (Å²) in [5, 5.41) is 0. The van der Waals surface area contributed by atoms with Gasteiger partial charge in [-0.25, -0.2) is 0 Å². The van der Waals surface area contributed by atoms with Crippen molar-refractivity contribution >= 4 is 11.8 Å². The Bertz CT molecular complexity index is 923. The summed E-state index contributed by atoms with van der Waals surface area (Å²) in [5.74, 6) is 0.201. The van der Waals surface area contributed by atoms with E-state index in [9.17, 15) is 9.59 Å². The monoisotopic (exact) mass is 420 g/mol. The highest BCUT2D eigenvalue weighted by Crippen LogP contribution is 2.41. The molecule has 2 aliphatic heterocycles. The van der Waals surface area contributed by atoms with Crippen LogP contribution in [0.4, 0.5) is 0 Å². The van der Waals surface area contributed by atoms with Crippen LogP contribution in [0.1, 0.15) is 42.1 Å². The Morgan fingerprint density at radius 1 is 1.00 bits per heavy atom. The van der Waals surface area contributed by atoms with Gasteiger partial charge in [0.15, 0.2) is 0 Å². The number of amides is 2. The van der Waals surface area contributed by atoms with Gasteiger partial charge in [0.25, 0.3) is 5.91 Å². The molecule has 4 rings (SSSR count). The zero-order valence-electron chi connectivity index (χ0n) is 18.6. The Hall–Kier alpha value is -2.66. The van der Waals surface area contributed by atoms with Gasteiger partial charge in [-0.05, 0) is 48.1 Å². The van der Waals surface area contributed by atoms with Crippen molar-refractivity contribution in [2.75, 3.05) is 39.9 Å². The Balaban J connectivity index is 1.40. The first kappa shape index (κ1) is 21.6. The van der Waals surface area contributed by atoms with Crippen molar-refractivity contribution in [2.45, 2.75) is 32.6 Å². The summed E-state index contributed by atoms with van der Waals surface area (Å²) in [4.78, 5) is 29.8. The van der Waals surface area contributed by atoms with E-state index in [2.05, 4.69) is 31.2 Å². The largest absolute Gasteiger partial charge is 0.383 e. The summed E-state index contributed by atoms with van der Waals surface area (Å²) in [6.07, 6.45) is 3.82. The predicted molar refractivity (Wildman–Crippen MR) is 122 cm³/mol. The normalized spacial score (nSPS) is 20.8. The van der Waals surface area contributed by atoms with Gasteiger partial charge in [0.05, 0.1) is 12.0 Å². The molecule has 0 bridgehead atoms. The first-order valence-electron chi connectivity index (χ1n) is 11.3. The molecule has 0 aromatic heterocycles. The number of hydrogen-bond acceptors (Lipinski definition) is 3. The molecule has 2 fully saturated rings.